The third-order valence-electron chi connectivity index (χ3n) is 2.29. The number of nitrogens with zero attached hydrogens (tertiary/aromatic N) is 1. The number of benzene rings is 1. The van der Waals surface area contributed by atoms with Crippen LogP contribution in [0.15, 0.2) is 24.3 Å². The molecular weight excluding hydrogens is 206 g/mol. The Labute approximate surface area is 95.5 Å². The maximum atomic E-state index is 10.7. The summed E-state index contributed by atoms with van der Waals surface area (Å²) >= 11 is 0. The first-order valence-corrected chi connectivity index (χ1v) is 5.16. The van der Waals surface area contributed by atoms with E-state index in [9.17, 15) is 4.79 Å². The lowest BCUT2D eigenvalue weighted by molar-refractivity contribution is -0.135. The van der Waals surface area contributed by atoms with Crippen molar-refractivity contribution in [2.75, 3.05) is 31.7 Å². The fourth-order valence-corrected chi connectivity index (χ4v) is 1.42. The Morgan fingerprint density at radius 1 is 1.38 bits per heavy atom. The molecular formula is C12H17NO3. The highest BCUT2D eigenvalue weighted by Crippen LogP contribution is 2.14. The lowest BCUT2D eigenvalue weighted by Crippen LogP contribution is -2.32. The molecule has 1 aromatic carbocycles. The molecule has 0 saturated carbocycles. The average Bonchev–Trinajstić information content (AvgIpc) is 2.25. The molecule has 0 aromatic heterocycles. The van der Waals surface area contributed by atoms with Crippen molar-refractivity contribution in [3.05, 3.63) is 29.8 Å². The second-order valence-corrected chi connectivity index (χ2v) is 3.64. The zero-order valence-electron chi connectivity index (χ0n) is 9.64. The number of aryl methyl sites for hydroxylation is 1. The van der Waals surface area contributed by atoms with Gasteiger partial charge in [0, 0.05) is 19.3 Å². The molecule has 4 nitrogen and oxygen atoms in total. The van der Waals surface area contributed by atoms with Crippen LogP contribution in [0.5, 0.6) is 0 Å². The van der Waals surface area contributed by atoms with Crippen molar-refractivity contribution < 1.29 is 14.6 Å². The average molecular weight is 223 g/mol. The number of carbonyl (C=O) groups is 1. The Morgan fingerprint density at radius 2 is 2.00 bits per heavy atom. The highest BCUT2D eigenvalue weighted by Gasteiger charge is 2.09. The molecule has 0 atom stereocenters. The Hall–Kier alpha value is -1.55. The summed E-state index contributed by atoms with van der Waals surface area (Å²) < 4.78 is 4.96. The monoisotopic (exact) mass is 223 g/mol. The molecule has 0 spiro atoms. The van der Waals surface area contributed by atoms with Gasteiger partial charge in [0.1, 0.15) is 6.54 Å². The van der Waals surface area contributed by atoms with E-state index >= 15 is 0 Å². The molecule has 0 unspecified atom stereocenters. The van der Waals surface area contributed by atoms with Crippen molar-refractivity contribution in [3.63, 3.8) is 0 Å². The van der Waals surface area contributed by atoms with Crippen molar-refractivity contribution in [3.8, 4) is 0 Å². The third-order valence-corrected chi connectivity index (χ3v) is 2.29. The second kappa shape index (κ2) is 6.12. The van der Waals surface area contributed by atoms with Gasteiger partial charge in [0.15, 0.2) is 0 Å². The number of hydrogen-bond acceptors (Lipinski definition) is 3. The SMILES string of the molecule is COCCN(CC(=O)O)c1ccc(C)cc1. The molecule has 1 aromatic rings. The van der Waals surface area contributed by atoms with Gasteiger partial charge in [-0.05, 0) is 19.1 Å². The second-order valence-electron chi connectivity index (χ2n) is 3.64. The van der Waals surface area contributed by atoms with Gasteiger partial charge in [-0.1, -0.05) is 17.7 Å². The molecule has 0 heterocycles. The molecule has 0 saturated heterocycles. The zero-order valence-corrected chi connectivity index (χ0v) is 9.64. The predicted molar refractivity (Wildman–Crippen MR) is 62.9 cm³/mol. The summed E-state index contributed by atoms with van der Waals surface area (Å²) in [7, 11) is 1.61. The van der Waals surface area contributed by atoms with E-state index in [4.69, 9.17) is 9.84 Å². The molecule has 0 aliphatic heterocycles. The van der Waals surface area contributed by atoms with E-state index in [0.29, 0.717) is 13.2 Å². The Bertz CT molecular complexity index is 335. The van der Waals surface area contributed by atoms with Crippen molar-refractivity contribution in [1.82, 2.24) is 0 Å². The lowest BCUT2D eigenvalue weighted by Gasteiger charge is -2.22. The number of carboxylic acid groups (broad SMARTS) is 1. The van der Waals surface area contributed by atoms with Crippen LogP contribution in [0.25, 0.3) is 0 Å². The Balaban J connectivity index is 2.74. The molecule has 0 aliphatic carbocycles. The predicted octanol–water partition coefficient (Wildman–Crippen LogP) is 1.53. The van der Waals surface area contributed by atoms with Crippen LogP contribution in [0.2, 0.25) is 0 Å². The largest absolute Gasteiger partial charge is 0.480 e. The van der Waals surface area contributed by atoms with Crippen LogP contribution >= 0.6 is 0 Å². The summed E-state index contributed by atoms with van der Waals surface area (Å²) in [4.78, 5) is 12.5. The standard InChI is InChI=1S/C12H17NO3/c1-10-3-5-11(6-4-10)13(7-8-16-2)9-12(14)15/h3-6H,7-9H2,1-2H3,(H,14,15). The van der Waals surface area contributed by atoms with Crippen LogP contribution in [-0.4, -0.2) is 37.9 Å². The summed E-state index contributed by atoms with van der Waals surface area (Å²) in [5.41, 5.74) is 2.07. The van der Waals surface area contributed by atoms with Crippen LogP contribution in [0.4, 0.5) is 5.69 Å². The van der Waals surface area contributed by atoms with Crippen LogP contribution in [0, 0.1) is 6.92 Å². The lowest BCUT2D eigenvalue weighted by atomic mass is 10.2. The van der Waals surface area contributed by atoms with E-state index in [1.807, 2.05) is 31.2 Å². The van der Waals surface area contributed by atoms with Gasteiger partial charge in [-0.3, -0.25) is 4.79 Å². The number of methoxy groups -OCH3 is 1. The van der Waals surface area contributed by atoms with Gasteiger partial charge >= 0.3 is 5.97 Å². The molecule has 16 heavy (non-hydrogen) atoms. The summed E-state index contributed by atoms with van der Waals surface area (Å²) in [6.45, 7) is 3.08. The summed E-state index contributed by atoms with van der Waals surface area (Å²) in [6, 6.07) is 7.79. The molecule has 4 heteroatoms. The maximum absolute atomic E-state index is 10.7. The molecule has 1 rings (SSSR count). The van der Waals surface area contributed by atoms with Gasteiger partial charge in [0.2, 0.25) is 0 Å². The smallest absolute Gasteiger partial charge is 0.323 e. The van der Waals surface area contributed by atoms with Crippen molar-refractivity contribution in [2.24, 2.45) is 0 Å². The van der Waals surface area contributed by atoms with E-state index in [0.717, 1.165) is 11.3 Å². The highest BCUT2D eigenvalue weighted by atomic mass is 16.5. The topological polar surface area (TPSA) is 49.8 Å². The summed E-state index contributed by atoms with van der Waals surface area (Å²) in [5, 5.41) is 8.82. The van der Waals surface area contributed by atoms with Gasteiger partial charge < -0.3 is 14.7 Å². The van der Waals surface area contributed by atoms with Gasteiger partial charge in [0.25, 0.3) is 0 Å². The normalized spacial score (nSPS) is 10.1. The number of rotatable bonds is 6. The quantitative estimate of drug-likeness (QED) is 0.794. The van der Waals surface area contributed by atoms with Crippen LogP contribution < -0.4 is 4.90 Å². The molecule has 1 N–H and O–H groups in total. The van der Waals surface area contributed by atoms with Gasteiger partial charge in [0.05, 0.1) is 6.61 Å². The number of ether oxygens (including phenoxy) is 1. The molecule has 0 aliphatic rings. The molecule has 0 radical (unpaired) electrons. The number of aliphatic carboxylic acids is 1. The minimum atomic E-state index is -0.836. The van der Waals surface area contributed by atoms with E-state index in [1.165, 1.54) is 0 Å². The fraction of sp³-hybridized carbons (Fsp3) is 0.417. The first-order valence-electron chi connectivity index (χ1n) is 5.16. The first-order chi connectivity index (χ1) is 7.63. The molecule has 0 amide bonds. The van der Waals surface area contributed by atoms with E-state index in [2.05, 4.69) is 0 Å². The number of carboxylic acids is 1. The van der Waals surface area contributed by atoms with Crippen molar-refractivity contribution >= 4 is 11.7 Å². The Morgan fingerprint density at radius 3 is 2.50 bits per heavy atom. The van der Waals surface area contributed by atoms with Gasteiger partial charge in [-0.2, -0.15) is 0 Å². The zero-order chi connectivity index (χ0) is 12.0. The highest BCUT2D eigenvalue weighted by molar-refractivity contribution is 5.73. The molecule has 0 fully saturated rings. The van der Waals surface area contributed by atoms with E-state index in [-0.39, 0.29) is 6.54 Å². The van der Waals surface area contributed by atoms with Crippen LogP contribution in [0.3, 0.4) is 0 Å². The number of hydrogen-bond donors (Lipinski definition) is 1. The minimum absolute atomic E-state index is 0.00752. The summed E-state index contributed by atoms with van der Waals surface area (Å²) in [6.07, 6.45) is 0. The van der Waals surface area contributed by atoms with Crippen LogP contribution in [-0.2, 0) is 9.53 Å². The third kappa shape index (κ3) is 3.90. The van der Waals surface area contributed by atoms with E-state index < -0.39 is 5.97 Å². The van der Waals surface area contributed by atoms with Crippen molar-refractivity contribution in [2.45, 2.75) is 6.92 Å². The molecule has 88 valence electrons. The van der Waals surface area contributed by atoms with Crippen molar-refractivity contribution in [1.29, 1.82) is 0 Å². The minimum Gasteiger partial charge on any atom is -0.480 e. The first kappa shape index (κ1) is 12.5. The van der Waals surface area contributed by atoms with Gasteiger partial charge in [-0.15, -0.1) is 0 Å². The fourth-order valence-electron chi connectivity index (χ4n) is 1.42. The Kier molecular flexibility index (Phi) is 4.79. The maximum Gasteiger partial charge on any atom is 0.323 e. The van der Waals surface area contributed by atoms with Crippen LogP contribution in [0.1, 0.15) is 5.56 Å². The number of anilines is 1. The van der Waals surface area contributed by atoms with E-state index in [1.54, 1.807) is 12.0 Å². The molecule has 0 bridgehead atoms. The van der Waals surface area contributed by atoms with Gasteiger partial charge in [-0.25, -0.2) is 0 Å². The summed E-state index contributed by atoms with van der Waals surface area (Å²) in [5.74, 6) is -0.836.